The number of nitrogens with one attached hydrogen (secondary N) is 2. The van der Waals surface area contributed by atoms with E-state index < -0.39 is 6.09 Å². The van der Waals surface area contributed by atoms with Crippen LogP contribution >= 0.6 is 0 Å². The molecule has 1 saturated heterocycles. The fourth-order valence-corrected chi connectivity index (χ4v) is 2.81. The van der Waals surface area contributed by atoms with Gasteiger partial charge in [0.1, 0.15) is 26.4 Å². The quantitative estimate of drug-likeness (QED) is 0.744. The smallest absolute Gasteiger partial charge is 0.407 e. The summed E-state index contributed by atoms with van der Waals surface area (Å²) >= 11 is 0. The summed E-state index contributed by atoms with van der Waals surface area (Å²) in [6.45, 7) is 2.51. The first-order valence-electron chi connectivity index (χ1n) is 8.45. The molecule has 2 aliphatic heterocycles. The van der Waals surface area contributed by atoms with Crippen molar-refractivity contribution < 1.29 is 28.7 Å². The lowest BCUT2D eigenvalue weighted by atomic mass is 10.2. The molecule has 0 aliphatic carbocycles. The first kappa shape index (κ1) is 17.3. The van der Waals surface area contributed by atoms with Gasteiger partial charge < -0.3 is 29.3 Å². The number of alkyl carbamates (subject to hydrolysis) is 1. The highest BCUT2D eigenvalue weighted by atomic mass is 16.6. The molecule has 0 unspecified atom stereocenters. The van der Waals surface area contributed by atoms with Crippen molar-refractivity contribution in [1.29, 1.82) is 0 Å². The van der Waals surface area contributed by atoms with E-state index in [1.165, 1.54) is 4.90 Å². The normalized spacial score (nSPS) is 19.2. The highest BCUT2D eigenvalue weighted by Crippen LogP contribution is 2.35. The maximum atomic E-state index is 12.3. The van der Waals surface area contributed by atoms with Crippen molar-refractivity contribution in [1.82, 2.24) is 5.32 Å². The summed E-state index contributed by atoms with van der Waals surface area (Å²) in [5.41, 5.74) is 0.739. The summed E-state index contributed by atoms with van der Waals surface area (Å²) in [6.07, 6.45) is -0.231. The minimum absolute atomic E-state index is 0.0419. The van der Waals surface area contributed by atoms with Crippen molar-refractivity contribution in [2.45, 2.75) is 12.5 Å². The van der Waals surface area contributed by atoms with E-state index >= 15 is 0 Å². The van der Waals surface area contributed by atoms with Crippen LogP contribution in [0.1, 0.15) is 6.42 Å². The lowest BCUT2D eigenvalue weighted by molar-refractivity contribution is -0.858. The van der Waals surface area contributed by atoms with E-state index in [4.69, 9.17) is 14.2 Å². The highest BCUT2D eigenvalue weighted by Gasteiger charge is 2.32. The molecule has 0 spiro atoms. The molecule has 1 aromatic rings. The number of anilines is 1. The van der Waals surface area contributed by atoms with Crippen LogP contribution in [0.3, 0.4) is 0 Å². The third kappa shape index (κ3) is 4.33. The van der Waals surface area contributed by atoms with Crippen LogP contribution in [0.15, 0.2) is 18.2 Å². The molecule has 8 heteroatoms. The van der Waals surface area contributed by atoms with E-state index in [2.05, 4.69) is 5.32 Å². The van der Waals surface area contributed by atoms with E-state index in [0.717, 1.165) is 12.2 Å². The Kier molecular flexibility index (Phi) is 5.28. The Morgan fingerprint density at radius 1 is 1.32 bits per heavy atom. The van der Waals surface area contributed by atoms with Gasteiger partial charge in [-0.05, 0) is 12.1 Å². The number of hydrogen-bond donors (Lipinski definition) is 2. The highest BCUT2D eigenvalue weighted by molar-refractivity contribution is 5.97. The molecule has 25 heavy (non-hydrogen) atoms. The van der Waals surface area contributed by atoms with E-state index in [1.54, 1.807) is 17.0 Å². The van der Waals surface area contributed by atoms with Crippen molar-refractivity contribution in [3.63, 3.8) is 0 Å². The predicted octanol–water partition coefficient (Wildman–Crippen LogP) is -0.566. The summed E-state index contributed by atoms with van der Waals surface area (Å²) in [5.74, 6) is 1.28. The standard InChI is InChI=1S/C17H23N3O5/c1-19(2)5-6-25-17(22)18-12-9-16(21)20(11-12)13-3-4-14-15(10-13)24-8-7-23-14/h3-4,10,12H,5-9,11H2,1-2H3,(H,18,22)/p+1/t12-/m0/s1. The summed E-state index contributed by atoms with van der Waals surface area (Å²) < 4.78 is 16.2. The van der Waals surface area contributed by atoms with Gasteiger partial charge in [0.05, 0.1) is 20.1 Å². The number of benzene rings is 1. The third-order valence-corrected chi connectivity index (χ3v) is 4.12. The van der Waals surface area contributed by atoms with E-state index in [-0.39, 0.29) is 18.4 Å². The van der Waals surface area contributed by atoms with Crippen molar-refractivity contribution in [2.24, 2.45) is 0 Å². The Balaban J connectivity index is 1.56. The lowest BCUT2D eigenvalue weighted by Gasteiger charge is -2.22. The van der Waals surface area contributed by atoms with Crippen molar-refractivity contribution in [3.05, 3.63) is 18.2 Å². The number of quaternary nitrogens is 1. The molecule has 0 radical (unpaired) electrons. The largest absolute Gasteiger partial charge is 0.486 e. The lowest BCUT2D eigenvalue weighted by Crippen LogP contribution is -3.06. The van der Waals surface area contributed by atoms with Gasteiger partial charge >= 0.3 is 6.09 Å². The molecular formula is C17H24N3O5+. The Morgan fingerprint density at radius 2 is 2.08 bits per heavy atom. The maximum absolute atomic E-state index is 12.3. The summed E-state index contributed by atoms with van der Waals surface area (Å²) in [4.78, 5) is 27.0. The van der Waals surface area contributed by atoms with Gasteiger partial charge in [-0.25, -0.2) is 4.79 Å². The van der Waals surface area contributed by atoms with Gasteiger partial charge in [-0.2, -0.15) is 0 Å². The minimum atomic E-state index is -0.483. The second-order valence-electron chi connectivity index (χ2n) is 6.47. The topological polar surface area (TPSA) is 81.5 Å². The van der Waals surface area contributed by atoms with Crippen LogP contribution in [0.5, 0.6) is 11.5 Å². The van der Waals surface area contributed by atoms with Crippen LogP contribution < -0.4 is 24.6 Å². The third-order valence-electron chi connectivity index (χ3n) is 4.12. The summed E-state index contributed by atoms with van der Waals surface area (Å²) in [7, 11) is 3.98. The molecule has 0 bridgehead atoms. The second kappa shape index (κ2) is 7.60. The molecule has 1 atom stereocenters. The average molecular weight is 350 g/mol. The van der Waals surface area contributed by atoms with E-state index in [1.807, 2.05) is 20.2 Å². The SMILES string of the molecule is C[NH+](C)CCOC(=O)N[C@H]1CC(=O)N(c2ccc3c(c2)OCCO3)C1. The minimum Gasteiger partial charge on any atom is -0.486 e. The van der Waals surface area contributed by atoms with Crippen LogP contribution in [0.4, 0.5) is 10.5 Å². The van der Waals surface area contributed by atoms with Gasteiger partial charge in [-0.3, -0.25) is 4.79 Å². The number of amides is 2. The Bertz CT molecular complexity index is 649. The number of nitrogens with zero attached hydrogens (tertiary/aromatic N) is 1. The summed E-state index contributed by atoms with van der Waals surface area (Å²) in [6, 6.07) is 5.16. The Morgan fingerprint density at radius 3 is 2.84 bits per heavy atom. The number of carbonyl (C=O) groups excluding carboxylic acids is 2. The number of hydrogen-bond acceptors (Lipinski definition) is 5. The maximum Gasteiger partial charge on any atom is 0.407 e. The van der Waals surface area contributed by atoms with Crippen LogP contribution in [0.2, 0.25) is 0 Å². The molecule has 2 amide bonds. The predicted molar refractivity (Wildman–Crippen MR) is 90.4 cm³/mol. The Labute approximate surface area is 146 Å². The zero-order valence-electron chi connectivity index (χ0n) is 14.5. The zero-order valence-corrected chi connectivity index (χ0v) is 14.5. The van der Waals surface area contributed by atoms with Crippen LogP contribution in [-0.2, 0) is 9.53 Å². The summed E-state index contributed by atoms with van der Waals surface area (Å²) in [5, 5.41) is 2.76. The molecule has 1 fully saturated rings. The first-order chi connectivity index (χ1) is 12.0. The second-order valence-corrected chi connectivity index (χ2v) is 6.47. The van der Waals surface area contributed by atoms with Crippen molar-refractivity contribution >= 4 is 17.7 Å². The molecule has 2 heterocycles. The van der Waals surface area contributed by atoms with Crippen molar-refractivity contribution in [3.8, 4) is 11.5 Å². The molecule has 0 aromatic heterocycles. The number of carbonyl (C=O) groups is 2. The van der Waals surface area contributed by atoms with Crippen LogP contribution in [0.25, 0.3) is 0 Å². The number of ether oxygens (including phenoxy) is 3. The number of fused-ring (bicyclic) bond motifs is 1. The van der Waals surface area contributed by atoms with Gasteiger partial charge in [-0.15, -0.1) is 0 Å². The molecule has 136 valence electrons. The van der Waals surface area contributed by atoms with Gasteiger partial charge in [0.15, 0.2) is 11.5 Å². The fraction of sp³-hybridized carbons (Fsp3) is 0.529. The molecule has 1 aromatic carbocycles. The number of rotatable bonds is 5. The molecule has 2 aliphatic rings. The molecular weight excluding hydrogens is 326 g/mol. The number of likely N-dealkylation sites (N-methyl/N-ethyl adjacent to an activating group) is 1. The van der Waals surface area contributed by atoms with E-state index in [9.17, 15) is 9.59 Å². The average Bonchev–Trinajstić information content (AvgIpc) is 2.94. The van der Waals surface area contributed by atoms with Gasteiger partial charge in [0.25, 0.3) is 0 Å². The molecule has 0 saturated carbocycles. The van der Waals surface area contributed by atoms with Crippen LogP contribution in [0, 0.1) is 0 Å². The first-order valence-corrected chi connectivity index (χ1v) is 8.45. The van der Waals surface area contributed by atoms with Gasteiger partial charge in [0.2, 0.25) is 5.91 Å². The van der Waals surface area contributed by atoms with Crippen molar-refractivity contribution in [2.75, 3.05) is 51.9 Å². The van der Waals surface area contributed by atoms with Gasteiger partial charge in [-0.1, -0.05) is 0 Å². The Hall–Kier alpha value is -2.48. The van der Waals surface area contributed by atoms with E-state index in [0.29, 0.717) is 37.9 Å². The molecule has 8 nitrogen and oxygen atoms in total. The van der Waals surface area contributed by atoms with Crippen LogP contribution in [-0.4, -0.2) is 65.0 Å². The zero-order chi connectivity index (χ0) is 17.8. The van der Waals surface area contributed by atoms with Gasteiger partial charge in [0, 0.05) is 24.7 Å². The molecule has 2 N–H and O–H groups in total. The molecule has 3 rings (SSSR count). The fourth-order valence-electron chi connectivity index (χ4n) is 2.81. The monoisotopic (exact) mass is 350 g/mol.